The van der Waals surface area contributed by atoms with Crippen LogP contribution in [0.2, 0.25) is 5.15 Å². The van der Waals surface area contributed by atoms with Gasteiger partial charge in [-0.2, -0.15) is 0 Å². The maximum absolute atomic E-state index is 5.93. The zero-order valence-corrected chi connectivity index (χ0v) is 10.6. The van der Waals surface area contributed by atoms with Gasteiger partial charge >= 0.3 is 0 Å². The van der Waals surface area contributed by atoms with E-state index in [0.29, 0.717) is 11.1 Å². The van der Waals surface area contributed by atoms with Crippen LogP contribution in [0.4, 0.5) is 0 Å². The first-order valence-electron chi connectivity index (χ1n) is 6.14. The minimum absolute atomic E-state index is 0.484. The van der Waals surface area contributed by atoms with Crippen molar-refractivity contribution in [2.45, 2.75) is 44.9 Å². The summed E-state index contributed by atoms with van der Waals surface area (Å²) in [7, 11) is 0. The summed E-state index contributed by atoms with van der Waals surface area (Å²) in [5.41, 5.74) is 0.808. The first-order valence-corrected chi connectivity index (χ1v) is 6.51. The van der Waals surface area contributed by atoms with Crippen molar-refractivity contribution in [3.05, 3.63) is 22.9 Å². The highest BCUT2D eigenvalue weighted by atomic mass is 35.5. The average Bonchev–Trinajstić information content (AvgIpc) is 2.74. The van der Waals surface area contributed by atoms with Crippen molar-refractivity contribution >= 4 is 17.2 Å². The molecule has 1 aliphatic rings. The van der Waals surface area contributed by atoms with E-state index in [1.54, 1.807) is 6.07 Å². The molecule has 17 heavy (non-hydrogen) atoms. The molecule has 0 spiro atoms. The largest absolute Gasteiger partial charge is 0.266 e. The maximum atomic E-state index is 5.93. The minimum Gasteiger partial charge on any atom is -0.266 e. The highest BCUT2D eigenvalue weighted by molar-refractivity contribution is 6.29. The fourth-order valence-corrected chi connectivity index (χ4v) is 2.92. The third-order valence-corrected chi connectivity index (χ3v) is 3.72. The molecule has 2 heterocycles. The highest BCUT2D eigenvalue weighted by Crippen LogP contribution is 2.32. The van der Waals surface area contributed by atoms with Gasteiger partial charge in [-0.25, -0.2) is 4.98 Å². The van der Waals surface area contributed by atoms with E-state index in [4.69, 9.17) is 11.6 Å². The van der Waals surface area contributed by atoms with Crippen molar-refractivity contribution in [1.82, 2.24) is 19.6 Å². The van der Waals surface area contributed by atoms with Gasteiger partial charge < -0.3 is 0 Å². The third-order valence-electron chi connectivity index (χ3n) is 3.52. The molecule has 0 radical (unpaired) electrons. The van der Waals surface area contributed by atoms with E-state index >= 15 is 0 Å². The van der Waals surface area contributed by atoms with Gasteiger partial charge in [0, 0.05) is 12.0 Å². The van der Waals surface area contributed by atoms with Crippen LogP contribution in [0.3, 0.4) is 0 Å². The van der Waals surface area contributed by atoms with Crippen LogP contribution >= 0.6 is 11.6 Å². The zero-order chi connectivity index (χ0) is 11.8. The number of nitrogens with zero attached hydrogens (tertiary/aromatic N) is 4. The lowest BCUT2D eigenvalue weighted by Crippen LogP contribution is -2.10. The Morgan fingerprint density at radius 2 is 2.00 bits per heavy atom. The molecule has 1 aliphatic carbocycles. The van der Waals surface area contributed by atoms with Crippen molar-refractivity contribution in [3.63, 3.8) is 0 Å². The number of fused-ring (bicyclic) bond motifs is 1. The molecular formula is C12H15ClN4. The molecule has 0 aliphatic heterocycles. The molecule has 4 nitrogen and oxygen atoms in total. The number of halogens is 1. The monoisotopic (exact) mass is 250 g/mol. The standard InChI is InChI=1S/C12H15ClN4/c1-8-14-10(13)7-11-15-16-12(17(8)11)9-5-3-2-4-6-9/h7,9H,2-6H2,1H3. The third kappa shape index (κ3) is 1.90. The fraction of sp³-hybridized carbons (Fsp3) is 0.583. The predicted octanol–water partition coefficient (Wildman–Crippen LogP) is 3.13. The van der Waals surface area contributed by atoms with Gasteiger partial charge in [-0.05, 0) is 19.8 Å². The van der Waals surface area contributed by atoms with Gasteiger partial charge in [0.2, 0.25) is 0 Å². The molecule has 0 aromatic carbocycles. The molecule has 0 amide bonds. The van der Waals surface area contributed by atoms with Crippen LogP contribution in [-0.2, 0) is 0 Å². The van der Waals surface area contributed by atoms with Crippen molar-refractivity contribution in [2.75, 3.05) is 0 Å². The van der Waals surface area contributed by atoms with Gasteiger partial charge in [0.25, 0.3) is 0 Å². The summed E-state index contributed by atoms with van der Waals surface area (Å²) < 4.78 is 2.04. The molecule has 0 N–H and O–H groups in total. The van der Waals surface area contributed by atoms with Crippen molar-refractivity contribution in [1.29, 1.82) is 0 Å². The van der Waals surface area contributed by atoms with Gasteiger partial charge in [0.1, 0.15) is 16.8 Å². The first-order chi connectivity index (χ1) is 8.25. The first kappa shape index (κ1) is 11.0. The summed E-state index contributed by atoms with van der Waals surface area (Å²) >= 11 is 5.93. The Labute approximate surface area is 105 Å². The Bertz CT molecular complexity index is 543. The quantitative estimate of drug-likeness (QED) is 0.731. The Kier molecular flexibility index (Phi) is 2.74. The molecular weight excluding hydrogens is 236 g/mol. The topological polar surface area (TPSA) is 43.1 Å². The Hall–Kier alpha value is -1.16. The van der Waals surface area contributed by atoms with Crippen LogP contribution in [0.25, 0.3) is 5.65 Å². The second-order valence-corrected chi connectivity index (χ2v) is 5.10. The van der Waals surface area contributed by atoms with Crippen molar-refractivity contribution in [3.8, 4) is 0 Å². The summed E-state index contributed by atoms with van der Waals surface area (Å²) in [4.78, 5) is 4.28. The van der Waals surface area contributed by atoms with Gasteiger partial charge in [-0.1, -0.05) is 30.9 Å². The number of aryl methyl sites for hydroxylation is 1. The average molecular weight is 251 g/mol. The fourth-order valence-electron chi connectivity index (χ4n) is 2.70. The molecule has 90 valence electrons. The van der Waals surface area contributed by atoms with E-state index in [1.165, 1.54) is 32.1 Å². The normalized spacial score (nSPS) is 17.8. The van der Waals surface area contributed by atoms with Crippen LogP contribution in [0, 0.1) is 6.92 Å². The lowest BCUT2D eigenvalue weighted by Gasteiger charge is -2.20. The molecule has 1 saturated carbocycles. The summed E-state index contributed by atoms with van der Waals surface area (Å²) in [5.74, 6) is 2.46. The molecule has 0 saturated heterocycles. The highest BCUT2D eigenvalue weighted by Gasteiger charge is 2.21. The van der Waals surface area contributed by atoms with E-state index in [-0.39, 0.29) is 0 Å². The summed E-state index contributed by atoms with van der Waals surface area (Å²) in [6.07, 6.45) is 6.35. The van der Waals surface area contributed by atoms with Gasteiger partial charge in [0.05, 0.1) is 0 Å². The molecule has 0 bridgehead atoms. The Morgan fingerprint density at radius 3 is 2.76 bits per heavy atom. The Morgan fingerprint density at radius 1 is 1.24 bits per heavy atom. The van der Waals surface area contributed by atoms with E-state index in [9.17, 15) is 0 Å². The van der Waals surface area contributed by atoms with Crippen LogP contribution in [0.15, 0.2) is 6.07 Å². The molecule has 0 atom stereocenters. The molecule has 2 aromatic heterocycles. The molecule has 1 fully saturated rings. The van der Waals surface area contributed by atoms with Gasteiger partial charge in [-0.3, -0.25) is 4.40 Å². The predicted molar refractivity (Wildman–Crippen MR) is 66.4 cm³/mol. The lowest BCUT2D eigenvalue weighted by atomic mass is 9.89. The lowest BCUT2D eigenvalue weighted by molar-refractivity contribution is 0.425. The number of hydrogen-bond acceptors (Lipinski definition) is 3. The van der Waals surface area contributed by atoms with E-state index in [2.05, 4.69) is 15.2 Å². The second-order valence-electron chi connectivity index (χ2n) is 4.71. The molecule has 3 rings (SSSR count). The van der Waals surface area contributed by atoms with Gasteiger partial charge in [0.15, 0.2) is 5.65 Å². The summed E-state index contributed by atoms with van der Waals surface area (Å²) in [6.45, 7) is 1.95. The minimum atomic E-state index is 0.484. The summed E-state index contributed by atoms with van der Waals surface area (Å²) in [6, 6.07) is 1.77. The van der Waals surface area contributed by atoms with E-state index in [1.807, 2.05) is 11.3 Å². The van der Waals surface area contributed by atoms with Crippen LogP contribution in [0.5, 0.6) is 0 Å². The number of rotatable bonds is 1. The molecule has 5 heteroatoms. The zero-order valence-electron chi connectivity index (χ0n) is 9.86. The Balaban J connectivity index is 2.10. The smallest absolute Gasteiger partial charge is 0.165 e. The number of aromatic nitrogens is 4. The summed E-state index contributed by atoms with van der Waals surface area (Å²) in [5, 5.41) is 9.02. The van der Waals surface area contributed by atoms with Gasteiger partial charge in [-0.15, -0.1) is 10.2 Å². The molecule has 0 unspecified atom stereocenters. The van der Waals surface area contributed by atoms with Crippen LogP contribution < -0.4 is 0 Å². The SMILES string of the molecule is Cc1nc(Cl)cc2nnc(C3CCCCC3)n12. The molecule has 2 aromatic rings. The van der Waals surface area contributed by atoms with Crippen LogP contribution in [-0.4, -0.2) is 19.6 Å². The number of hydrogen-bond donors (Lipinski definition) is 0. The maximum Gasteiger partial charge on any atom is 0.165 e. The van der Waals surface area contributed by atoms with Crippen molar-refractivity contribution in [2.24, 2.45) is 0 Å². The van der Waals surface area contributed by atoms with Crippen molar-refractivity contribution < 1.29 is 0 Å². The van der Waals surface area contributed by atoms with E-state index < -0.39 is 0 Å². The van der Waals surface area contributed by atoms with E-state index in [0.717, 1.165) is 17.3 Å². The van der Waals surface area contributed by atoms with Crippen LogP contribution in [0.1, 0.15) is 49.7 Å². The second kappa shape index (κ2) is 4.26.